The molecule has 1 saturated heterocycles. The molecule has 1 aliphatic rings. The Kier molecular flexibility index (Phi) is 4.45. The smallest absolute Gasteiger partial charge is 0.367 e. The maximum Gasteiger partial charge on any atom is 0.451 e. The van der Waals surface area contributed by atoms with Crippen LogP contribution >= 0.6 is 0 Å². The zero-order chi connectivity index (χ0) is 17.3. The molecule has 0 N–H and O–H groups in total. The number of ether oxygens (including phenoxy) is 1. The number of morpholine rings is 1. The van der Waals surface area contributed by atoms with E-state index in [0.717, 1.165) is 0 Å². The van der Waals surface area contributed by atoms with Gasteiger partial charge in [-0.2, -0.15) is 13.2 Å². The highest BCUT2D eigenvalue weighted by molar-refractivity contribution is 5.17. The number of alkyl halides is 3. The van der Waals surface area contributed by atoms with Gasteiger partial charge < -0.3 is 4.74 Å². The summed E-state index contributed by atoms with van der Waals surface area (Å²) in [6, 6.07) is 0. The van der Waals surface area contributed by atoms with Gasteiger partial charge in [0, 0.05) is 44.1 Å². The second kappa shape index (κ2) is 6.40. The Bertz CT molecular complexity index is 718. The fourth-order valence-electron chi connectivity index (χ4n) is 2.54. The molecule has 11 heteroatoms. The molecule has 1 atom stereocenters. The molecule has 3 rings (SSSR count). The molecule has 24 heavy (non-hydrogen) atoms. The van der Waals surface area contributed by atoms with Crippen LogP contribution in [-0.2, 0) is 24.5 Å². The van der Waals surface area contributed by atoms with E-state index in [1.165, 1.54) is 6.20 Å². The Morgan fingerprint density at radius 2 is 2.17 bits per heavy atom. The highest BCUT2D eigenvalue weighted by Crippen LogP contribution is 2.27. The van der Waals surface area contributed by atoms with E-state index in [1.54, 1.807) is 18.7 Å². The SMILES string of the molecule is Cc1nc(C(F)(F)F)ncc1CN1CCOC(c2nnnn2C)C1. The topological polar surface area (TPSA) is 81.8 Å². The molecule has 3 heterocycles. The maximum absolute atomic E-state index is 12.6. The summed E-state index contributed by atoms with van der Waals surface area (Å²) < 4.78 is 45.1. The van der Waals surface area contributed by atoms with Gasteiger partial charge in [0.05, 0.1) is 6.61 Å². The van der Waals surface area contributed by atoms with Crippen LogP contribution in [0.5, 0.6) is 0 Å². The van der Waals surface area contributed by atoms with E-state index >= 15 is 0 Å². The largest absolute Gasteiger partial charge is 0.451 e. The molecule has 130 valence electrons. The predicted molar refractivity (Wildman–Crippen MR) is 74.5 cm³/mol. The summed E-state index contributed by atoms with van der Waals surface area (Å²) in [7, 11) is 1.73. The molecule has 2 aromatic heterocycles. The fraction of sp³-hybridized carbons (Fsp3) is 0.615. The van der Waals surface area contributed by atoms with Gasteiger partial charge in [0.15, 0.2) is 5.82 Å². The number of tetrazole rings is 1. The number of aryl methyl sites for hydroxylation is 2. The van der Waals surface area contributed by atoms with Gasteiger partial charge in [0.25, 0.3) is 0 Å². The minimum Gasteiger partial charge on any atom is -0.367 e. The van der Waals surface area contributed by atoms with Crippen molar-refractivity contribution in [1.29, 1.82) is 0 Å². The van der Waals surface area contributed by atoms with Crippen LogP contribution in [0.15, 0.2) is 6.20 Å². The lowest BCUT2D eigenvalue weighted by molar-refractivity contribution is -0.145. The van der Waals surface area contributed by atoms with Gasteiger partial charge in [-0.15, -0.1) is 5.10 Å². The van der Waals surface area contributed by atoms with Crippen LogP contribution in [0.25, 0.3) is 0 Å². The third-order valence-electron chi connectivity index (χ3n) is 3.82. The van der Waals surface area contributed by atoms with Crippen LogP contribution < -0.4 is 0 Å². The lowest BCUT2D eigenvalue weighted by Crippen LogP contribution is -2.39. The first kappa shape index (κ1) is 16.7. The summed E-state index contributed by atoms with van der Waals surface area (Å²) in [4.78, 5) is 9.05. The number of rotatable bonds is 3. The van der Waals surface area contributed by atoms with Gasteiger partial charge in [-0.25, -0.2) is 14.6 Å². The summed E-state index contributed by atoms with van der Waals surface area (Å²) in [5, 5.41) is 11.3. The highest BCUT2D eigenvalue weighted by atomic mass is 19.4. The van der Waals surface area contributed by atoms with E-state index in [-0.39, 0.29) is 6.10 Å². The van der Waals surface area contributed by atoms with Crippen molar-refractivity contribution in [3.05, 3.63) is 29.1 Å². The first-order valence-corrected chi connectivity index (χ1v) is 7.30. The third kappa shape index (κ3) is 3.51. The number of nitrogens with zero attached hydrogens (tertiary/aromatic N) is 7. The highest BCUT2D eigenvalue weighted by Gasteiger charge is 2.35. The monoisotopic (exact) mass is 343 g/mol. The van der Waals surface area contributed by atoms with Gasteiger partial charge in [0.2, 0.25) is 5.82 Å². The maximum atomic E-state index is 12.6. The molecule has 1 unspecified atom stereocenters. The normalized spacial score (nSPS) is 19.6. The van der Waals surface area contributed by atoms with Crippen molar-refractivity contribution < 1.29 is 17.9 Å². The Hall–Kier alpha value is -2.14. The lowest BCUT2D eigenvalue weighted by Gasteiger charge is -2.32. The summed E-state index contributed by atoms with van der Waals surface area (Å²) >= 11 is 0. The molecule has 0 amide bonds. The van der Waals surface area contributed by atoms with E-state index in [1.807, 2.05) is 0 Å². The van der Waals surface area contributed by atoms with Gasteiger partial charge >= 0.3 is 6.18 Å². The summed E-state index contributed by atoms with van der Waals surface area (Å²) in [5.41, 5.74) is 0.973. The van der Waals surface area contributed by atoms with Crippen molar-refractivity contribution in [3.8, 4) is 0 Å². The van der Waals surface area contributed by atoms with Crippen LogP contribution in [0.2, 0.25) is 0 Å². The van der Waals surface area contributed by atoms with E-state index in [0.29, 0.717) is 43.3 Å². The van der Waals surface area contributed by atoms with E-state index in [9.17, 15) is 13.2 Å². The van der Waals surface area contributed by atoms with Gasteiger partial charge in [-0.3, -0.25) is 4.90 Å². The Labute approximate surface area is 135 Å². The summed E-state index contributed by atoms with van der Waals surface area (Å²) in [5.74, 6) is -0.506. The van der Waals surface area contributed by atoms with Gasteiger partial charge in [-0.1, -0.05) is 0 Å². The number of halogens is 3. The van der Waals surface area contributed by atoms with E-state index < -0.39 is 12.0 Å². The molecule has 0 aromatic carbocycles. The Balaban J connectivity index is 1.71. The zero-order valence-corrected chi connectivity index (χ0v) is 13.2. The quantitative estimate of drug-likeness (QED) is 0.819. The standard InChI is InChI=1S/C13H16F3N7O/c1-8-9(5-17-12(18-8)13(14,15)16)6-23-3-4-24-10(7-23)11-19-20-21-22(11)2/h5,10H,3-4,6-7H2,1-2H3. The van der Waals surface area contributed by atoms with Crippen molar-refractivity contribution in [3.63, 3.8) is 0 Å². The first-order valence-electron chi connectivity index (χ1n) is 7.30. The molecule has 0 bridgehead atoms. The van der Waals surface area contributed by atoms with Crippen LogP contribution in [0.1, 0.15) is 29.0 Å². The second-order valence-corrected chi connectivity index (χ2v) is 5.56. The van der Waals surface area contributed by atoms with Crippen molar-refractivity contribution >= 4 is 0 Å². The van der Waals surface area contributed by atoms with Gasteiger partial charge in [-0.05, 0) is 17.4 Å². The summed E-state index contributed by atoms with van der Waals surface area (Å²) in [6.07, 6.45) is -3.58. The molecule has 8 nitrogen and oxygen atoms in total. The molecule has 2 aromatic rings. The van der Waals surface area contributed by atoms with Crippen LogP contribution in [0, 0.1) is 6.92 Å². The molecule has 1 aliphatic heterocycles. The fourth-order valence-corrected chi connectivity index (χ4v) is 2.54. The van der Waals surface area contributed by atoms with E-state index in [2.05, 4.69) is 30.4 Å². The lowest BCUT2D eigenvalue weighted by atomic mass is 10.2. The Morgan fingerprint density at radius 3 is 2.79 bits per heavy atom. The van der Waals surface area contributed by atoms with Crippen LogP contribution in [0.3, 0.4) is 0 Å². The number of hydrogen-bond acceptors (Lipinski definition) is 7. The van der Waals surface area contributed by atoms with Crippen LogP contribution in [-0.4, -0.2) is 54.8 Å². The van der Waals surface area contributed by atoms with Crippen molar-refractivity contribution in [2.45, 2.75) is 25.7 Å². The number of hydrogen-bond donors (Lipinski definition) is 0. The third-order valence-corrected chi connectivity index (χ3v) is 3.82. The second-order valence-electron chi connectivity index (χ2n) is 5.56. The molecule has 0 aliphatic carbocycles. The van der Waals surface area contributed by atoms with Crippen molar-refractivity contribution in [2.24, 2.45) is 7.05 Å². The average molecular weight is 343 g/mol. The molecular formula is C13H16F3N7O. The van der Waals surface area contributed by atoms with E-state index in [4.69, 9.17) is 4.74 Å². The van der Waals surface area contributed by atoms with Crippen molar-refractivity contribution in [1.82, 2.24) is 35.1 Å². The van der Waals surface area contributed by atoms with Crippen LogP contribution in [0.4, 0.5) is 13.2 Å². The Morgan fingerprint density at radius 1 is 1.38 bits per heavy atom. The minimum atomic E-state index is -4.54. The molecular weight excluding hydrogens is 327 g/mol. The first-order chi connectivity index (χ1) is 11.3. The summed E-state index contributed by atoms with van der Waals surface area (Å²) in [6.45, 7) is 3.67. The molecule has 0 spiro atoms. The molecule has 0 saturated carbocycles. The average Bonchev–Trinajstić information content (AvgIpc) is 2.95. The number of aromatic nitrogens is 6. The predicted octanol–water partition coefficient (Wildman–Crippen LogP) is 0.901. The van der Waals surface area contributed by atoms with Crippen molar-refractivity contribution in [2.75, 3.05) is 19.7 Å². The minimum absolute atomic E-state index is 0.283. The zero-order valence-electron chi connectivity index (χ0n) is 13.2. The molecule has 1 fully saturated rings. The van der Waals surface area contributed by atoms with Gasteiger partial charge in [0.1, 0.15) is 6.10 Å². The molecule has 0 radical (unpaired) electrons.